The first-order chi connectivity index (χ1) is 9.19. The number of carboxylic acid groups (broad SMARTS) is 1. The van der Waals surface area contributed by atoms with E-state index in [1.54, 1.807) is 0 Å². The third kappa shape index (κ3) is 3.04. The number of halogens is 2. The van der Waals surface area contributed by atoms with E-state index in [2.05, 4.69) is 4.74 Å². The van der Waals surface area contributed by atoms with Crippen LogP contribution in [0.4, 0.5) is 8.78 Å². The summed E-state index contributed by atoms with van der Waals surface area (Å²) in [6.45, 7) is -0.346. The molecule has 0 spiro atoms. The third-order valence-electron chi connectivity index (χ3n) is 3.20. The first-order valence-electron chi connectivity index (χ1n) is 5.72. The molecule has 0 aliphatic heterocycles. The second-order valence-corrected chi connectivity index (χ2v) is 4.36. The highest BCUT2D eigenvalue weighted by atomic mass is 19.3. The van der Waals surface area contributed by atoms with E-state index in [0.29, 0.717) is 0 Å². The molecule has 1 aromatic carbocycles. The van der Waals surface area contributed by atoms with Crippen LogP contribution in [0.1, 0.15) is 19.4 Å². The standard InChI is InChI=1S/C13H15F2NO4/c1-8(17)16(3)13(2,11(18)19)9-4-6-10(7-5-9)20-12(14)15/h4-7,12H,1-3H3,(H,18,19). The summed E-state index contributed by atoms with van der Waals surface area (Å²) in [6.07, 6.45) is 0. The minimum absolute atomic E-state index is 0.0815. The largest absolute Gasteiger partial charge is 0.479 e. The van der Waals surface area contributed by atoms with Gasteiger partial charge in [0.15, 0.2) is 5.54 Å². The Morgan fingerprint density at radius 3 is 2.15 bits per heavy atom. The molecule has 110 valence electrons. The Labute approximate surface area is 114 Å². The summed E-state index contributed by atoms with van der Waals surface area (Å²) in [5.74, 6) is -1.73. The molecule has 7 heteroatoms. The highest BCUT2D eigenvalue weighted by Crippen LogP contribution is 2.29. The van der Waals surface area contributed by atoms with Gasteiger partial charge in [0.2, 0.25) is 5.91 Å². The second-order valence-electron chi connectivity index (χ2n) is 4.36. The molecule has 1 rings (SSSR count). The Kier molecular flexibility index (Phi) is 4.65. The molecule has 0 heterocycles. The number of hydrogen-bond donors (Lipinski definition) is 1. The summed E-state index contributed by atoms with van der Waals surface area (Å²) >= 11 is 0. The number of alkyl halides is 2. The van der Waals surface area contributed by atoms with Gasteiger partial charge < -0.3 is 14.7 Å². The molecule has 0 aliphatic carbocycles. The van der Waals surface area contributed by atoms with Crippen molar-refractivity contribution in [3.05, 3.63) is 29.8 Å². The maximum absolute atomic E-state index is 12.0. The molecule has 1 atom stereocenters. The maximum Gasteiger partial charge on any atom is 0.387 e. The molecule has 1 unspecified atom stereocenters. The molecule has 0 aromatic heterocycles. The summed E-state index contributed by atoms with van der Waals surface area (Å²) in [7, 11) is 1.36. The van der Waals surface area contributed by atoms with Crippen molar-refractivity contribution < 1.29 is 28.2 Å². The molecule has 1 aromatic rings. The molecule has 0 saturated carbocycles. The topological polar surface area (TPSA) is 66.8 Å². The predicted molar refractivity (Wildman–Crippen MR) is 66.5 cm³/mol. The maximum atomic E-state index is 12.0. The van der Waals surface area contributed by atoms with Crippen LogP contribution in [0.25, 0.3) is 0 Å². The number of hydrogen-bond acceptors (Lipinski definition) is 3. The van der Waals surface area contributed by atoms with Gasteiger partial charge in [0.1, 0.15) is 5.75 Å². The fourth-order valence-corrected chi connectivity index (χ4v) is 1.74. The van der Waals surface area contributed by atoms with Crippen molar-refractivity contribution in [1.82, 2.24) is 4.90 Å². The normalized spacial score (nSPS) is 13.7. The van der Waals surface area contributed by atoms with Gasteiger partial charge in [0, 0.05) is 14.0 Å². The quantitative estimate of drug-likeness (QED) is 0.900. The van der Waals surface area contributed by atoms with Crippen molar-refractivity contribution >= 4 is 11.9 Å². The predicted octanol–water partition coefficient (Wildman–Crippen LogP) is 2.07. The number of rotatable bonds is 5. The van der Waals surface area contributed by atoms with Gasteiger partial charge >= 0.3 is 12.6 Å². The lowest BCUT2D eigenvalue weighted by Crippen LogP contribution is -2.49. The van der Waals surface area contributed by atoms with Crippen molar-refractivity contribution in [2.45, 2.75) is 26.0 Å². The average Bonchev–Trinajstić information content (AvgIpc) is 2.36. The van der Waals surface area contributed by atoms with Crippen molar-refractivity contribution in [2.24, 2.45) is 0 Å². The van der Waals surface area contributed by atoms with E-state index in [9.17, 15) is 23.5 Å². The van der Waals surface area contributed by atoms with E-state index in [1.165, 1.54) is 45.2 Å². The van der Waals surface area contributed by atoms with Crippen molar-refractivity contribution in [2.75, 3.05) is 7.05 Å². The molecule has 0 fully saturated rings. The molecule has 1 amide bonds. The Morgan fingerprint density at radius 2 is 1.80 bits per heavy atom. The zero-order chi connectivity index (χ0) is 15.5. The fourth-order valence-electron chi connectivity index (χ4n) is 1.74. The highest BCUT2D eigenvalue weighted by molar-refractivity contribution is 5.86. The third-order valence-corrected chi connectivity index (χ3v) is 3.20. The number of aliphatic carboxylic acids is 1. The van der Waals surface area contributed by atoms with Crippen LogP contribution >= 0.6 is 0 Å². The van der Waals surface area contributed by atoms with Crippen LogP contribution in [0.2, 0.25) is 0 Å². The fraction of sp³-hybridized carbons (Fsp3) is 0.385. The summed E-state index contributed by atoms with van der Waals surface area (Å²) in [4.78, 5) is 24.0. The monoisotopic (exact) mass is 287 g/mol. The van der Waals surface area contributed by atoms with Crippen LogP contribution in [0.3, 0.4) is 0 Å². The summed E-state index contributed by atoms with van der Waals surface area (Å²) < 4.78 is 28.3. The molecule has 0 saturated heterocycles. The lowest BCUT2D eigenvalue weighted by molar-refractivity contribution is -0.156. The molecule has 1 N–H and O–H groups in total. The van der Waals surface area contributed by atoms with Crippen LogP contribution in [0.5, 0.6) is 5.75 Å². The number of amides is 1. The lowest BCUT2D eigenvalue weighted by Gasteiger charge is -2.34. The van der Waals surface area contributed by atoms with E-state index in [1.807, 2.05) is 0 Å². The number of carbonyl (C=O) groups excluding carboxylic acids is 1. The Morgan fingerprint density at radius 1 is 1.30 bits per heavy atom. The van der Waals surface area contributed by atoms with Crippen molar-refractivity contribution in [3.8, 4) is 5.75 Å². The van der Waals surface area contributed by atoms with Crippen LogP contribution in [0.15, 0.2) is 24.3 Å². The van der Waals surface area contributed by atoms with Crippen LogP contribution in [-0.4, -0.2) is 35.5 Å². The Hall–Kier alpha value is -2.18. The van der Waals surface area contributed by atoms with Gasteiger partial charge in [-0.25, -0.2) is 4.79 Å². The van der Waals surface area contributed by atoms with Crippen molar-refractivity contribution in [1.29, 1.82) is 0 Å². The first-order valence-corrected chi connectivity index (χ1v) is 5.72. The number of carbonyl (C=O) groups is 2. The second kappa shape index (κ2) is 5.85. The molecule has 0 radical (unpaired) electrons. The van der Waals surface area contributed by atoms with Gasteiger partial charge in [-0.2, -0.15) is 8.78 Å². The van der Waals surface area contributed by atoms with Gasteiger partial charge in [0.25, 0.3) is 0 Å². The highest BCUT2D eigenvalue weighted by Gasteiger charge is 2.41. The zero-order valence-electron chi connectivity index (χ0n) is 11.3. The Bertz CT molecular complexity index is 504. The number of ether oxygens (including phenoxy) is 1. The zero-order valence-corrected chi connectivity index (χ0v) is 11.3. The van der Waals surface area contributed by atoms with E-state index in [0.717, 1.165) is 4.90 Å². The summed E-state index contributed by atoms with van der Waals surface area (Å²) in [6, 6.07) is 5.14. The van der Waals surface area contributed by atoms with Gasteiger partial charge in [-0.1, -0.05) is 12.1 Å². The minimum Gasteiger partial charge on any atom is -0.479 e. The van der Waals surface area contributed by atoms with Crippen LogP contribution in [0, 0.1) is 0 Å². The number of likely N-dealkylation sites (N-methyl/N-ethyl adjacent to an activating group) is 1. The first kappa shape index (κ1) is 15.9. The lowest BCUT2D eigenvalue weighted by atomic mass is 9.90. The van der Waals surface area contributed by atoms with E-state index in [-0.39, 0.29) is 11.3 Å². The number of carboxylic acids is 1. The molecule has 0 bridgehead atoms. The molecular formula is C13H15F2NO4. The molecule has 20 heavy (non-hydrogen) atoms. The molecule has 5 nitrogen and oxygen atoms in total. The van der Waals surface area contributed by atoms with Crippen LogP contribution < -0.4 is 4.74 Å². The van der Waals surface area contributed by atoms with Gasteiger partial charge in [-0.05, 0) is 24.6 Å². The van der Waals surface area contributed by atoms with Crippen molar-refractivity contribution in [3.63, 3.8) is 0 Å². The van der Waals surface area contributed by atoms with Crippen LogP contribution in [-0.2, 0) is 15.1 Å². The molecular weight excluding hydrogens is 272 g/mol. The smallest absolute Gasteiger partial charge is 0.387 e. The summed E-state index contributed by atoms with van der Waals surface area (Å²) in [5.41, 5.74) is -1.31. The minimum atomic E-state index is -2.95. The van der Waals surface area contributed by atoms with Gasteiger partial charge in [-0.15, -0.1) is 0 Å². The number of benzene rings is 1. The summed E-state index contributed by atoms with van der Waals surface area (Å²) in [5, 5.41) is 9.37. The van der Waals surface area contributed by atoms with E-state index < -0.39 is 24.0 Å². The Balaban J connectivity index is 3.17. The number of nitrogens with zero attached hydrogens (tertiary/aromatic N) is 1. The van der Waals surface area contributed by atoms with E-state index in [4.69, 9.17) is 0 Å². The van der Waals surface area contributed by atoms with Gasteiger partial charge in [-0.3, -0.25) is 4.79 Å². The SMILES string of the molecule is CC(=O)N(C)C(C)(C(=O)O)c1ccc(OC(F)F)cc1. The average molecular weight is 287 g/mol. The molecule has 0 aliphatic rings. The van der Waals surface area contributed by atoms with E-state index >= 15 is 0 Å². The van der Waals surface area contributed by atoms with Gasteiger partial charge in [0.05, 0.1) is 0 Å².